The lowest BCUT2D eigenvalue weighted by atomic mass is 10.2. The Balaban J connectivity index is 2.17. The number of aliphatic hydroxyl groups excluding tert-OH is 1. The first-order valence-corrected chi connectivity index (χ1v) is 5.34. The molecule has 1 saturated heterocycles. The summed E-state index contributed by atoms with van der Waals surface area (Å²) < 4.78 is 10.1. The molecule has 2 rings (SSSR count). The number of aliphatic hydroxyl groups is 1. The van der Waals surface area contributed by atoms with E-state index in [1.807, 2.05) is 0 Å². The summed E-state index contributed by atoms with van der Waals surface area (Å²) in [6.45, 7) is 1.14. The molecule has 5 nitrogen and oxygen atoms in total. The van der Waals surface area contributed by atoms with Crippen LogP contribution in [0.1, 0.15) is 10.4 Å². The van der Waals surface area contributed by atoms with E-state index in [2.05, 4.69) is 0 Å². The van der Waals surface area contributed by atoms with Crippen LogP contribution in [0.15, 0.2) is 16.7 Å². The summed E-state index contributed by atoms with van der Waals surface area (Å²) in [5.74, 6) is -0.235. The van der Waals surface area contributed by atoms with Gasteiger partial charge < -0.3 is 19.2 Å². The zero-order valence-corrected chi connectivity index (χ0v) is 9.31. The van der Waals surface area contributed by atoms with Crippen LogP contribution in [0.4, 0.5) is 0 Å². The molecule has 1 aromatic rings. The molecule has 2 heterocycles. The molecule has 0 saturated carbocycles. The van der Waals surface area contributed by atoms with Crippen molar-refractivity contribution in [1.82, 2.24) is 4.90 Å². The van der Waals surface area contributed by atoms with Gasteiger partial charge in [-0.25, -0.2) is 0 Å². The van der Waals surface area contributed by atoms with E-state index in [0.717, 1.165) is 0 Å². The first-order chi connectivity index (χ1) is 7.74. The van der Waals surface area contributed by atoms with Crippen molar-refractivity contribution in [2.24, 2.45) is 0 Å². The fraction of sp³-hybridized carbons (Fsp3) is 0.500. The fourth-order valence-electron chi connectivity index (χ4n) is 1.67. The second kappa shape index (κ2) is 4.86. The number of ether oxygens (including phenoxy) is 1. The maximum Gasteiger partial charge on any atom is 0.259 e. The third-order valence-corrected chi connectivity index (χ3v) is 2.84. The minimum Gasteiger partial charge on any atom is -0.452 e. The van der Waals surface area contributed by atoms with Gasteiger partial charge in [0.25, 0.3) is 5.91 Å². The van der Waals surface area contributed by atoms with E-state index in [1.165, 1.54) is 12.3 Å². The average molecular weight is 246 g/mol. The molecule has 1 aromatic heterocycles. The molecule has 0 aliphatic carbocycles. The maximum absolute atomic E-state index is 12.1. The van der Waals surface area contributed by atoms with Crippen molar-refractivity contribution in [1.29, 1.82) is 0 Å². The van der Waals surface area contributed by atoms with Gasteiger partial charge in [-0.15, -0.1) is 0 Å². The Morgan fingerprint density at radius 3 is 3.12 bits per heavy atom. The molecule has 1 unspecified atom stereocenters. The standard InChI is InChI=1S/C10H12ClNO4/c11-9-8(1-3-16-9)10(14)12-2-4-15-6-7(12)5-13/h1,3,7,13H,2,4-6H2. The molecule has 16 heavy (non-hydrogen) atoms. The number of carbonyl (C=O) groups excluding carboxylic acids is 1. The second-order valence-corrected chi connectivity index (χ2v) is 3.86. The van der Waals surface area contributed by atoms with Crippen LogP contribution in [0.25, 0.3) is 0 Å². The van der Waals surface area contributed by atoms with Gasteiger partial charge in [0.2, 0.25) is 5.22 Å². The van der Waals surface area contributed by atoms with Crippen molar-refractivity contribution < 1.29 is 19.1 Å². The summed E-state index contributed by atoms with van der Waals surface area (Å²) in [5, 5.41) is 9.22. The van der Waals surface area contributed by atoms with E-state index in [-0.39, 0.29) is 23.8 Å². The minimum atomic E-state index is -0.313. The smallest absolute Gasteiger partial charge is 0.259 e. The Hall–Kier alpha value is -1.04. The highest BCUT2D eigenvalue weighted by atomic mass is 35.5. The fourth-order valence-corrected chi connectivity index (χ4v) is 1.87. The highest BCUT2D eigenvalue weighted by Gasteiger charge is 2.29. The van der Waals surface area contributed by atoms with Gasteiger partial charge in [-0.1, -0.05) is 0 Å². The molecule has 1 amide bonds. The number of halogens is 1. The zero-order valence-electron chi connectivity index (χ0n) is 8.56. The van der Waals surface area contributed by atoms with E-state index >= 15 is 0 Å². The lowest BCUT2D eigenvalue weighted by molar-refractivity contribution is -0.0184. The molecule has 0 aromatic carbocycles. The third kappa shape index (κ3) is 2.07. The first-order valence-electron chi connectivity index (χ1n) is 4.96. The topological polar surface area (TPSA) is 62.9 Å². The highest BCUT2D eigenvalue weighted by Crippen LogP contribution is 2.20. The van der Waals surface area contributed by atoms with Gasteiger partial charge in [0.15, 0.2) is 0 Å². The van der Waals surface area contributed by atoms with E-state index < -0.39 is 0 Å². The van der Waals surface area contributed by atoms with Gasteiger partial charge >= 0.3 is 0 Å². The Morgan fingerprint density at radius 2 is 2.50 bits per heavy atom. The van der Waals surface area contributed by atoms with Crippen molar-refractivity contribution in [3.63, 3.8) is 0 Å². The summed E-state index contributed by atoms with van der Waals surface area (Å²) in [6, 6.07) is 1.21. The molecule has 1 aliphatic rings. The maximum atomic E-state index is 12.1. The highest BCUT2D eigenvalue weighted by molar-refractivity contribution is 6.32. The number of furan rings is 1. The van der Waals surface area contributed by atoms with Crippen LogP contribution < -0.4 is 0 Å². The first kappa shape index (κ1) is 11.4. The molecule has 1 fully saturated rings. The Bertz CT molecular complexity index is 379. The quantitative estimate of drug-likeness (QED) is 0.836. The summed E-state index contributed by atoms with van der Waals surface area (Å²) in [5.41, 5.74) is 0.321. The zero-order chi connectivity index (χ0) is 11.5. The number of amides is 1. The number of morpholine rings is 1. The van der Waals surface area contributed by atoms with Crippen molar-refractivity contribution in [3.8, 4) is 0 Å². The van der Waals surface area contributed by atoms with Crippen LogP contribution >= 0.6 is 11.6 Å². The Kier molecular flexibility index (Phi) is 3.48. The van der Waals surface area contributed by atoms with Gasteiger partial charge in [0.05, 0.1) is 37.7 Å². The van der Waals surface area contributed by atoms with Crippen LogP contribution in [-0.4, -0.2) is 48.3 Å². The molecular weight excluding hydrogens is 234 g/mol. The van der Waals surface area contributed by atoms with Gasteiger partial charge in [0, 0.05) is 6.54 Å². The molecule has 0 radical (unpaired) electrons. The summed E-state index contributed by atoms with van der Waals surface area (Å²) in [4.78, 5) is 13.6. The van der Waals surface area contributed by atoms with Crippen LogP contribution in [0, 0.1) is 0 Å². The lowest BCUT2D eigenvalue weighted by Crippen LogP contribution is -2.50. The molecule has 1 N–H and O–H groups in total. The second-order valence-electron chi connectivity index (χ2n) is 3.52. The number of carbonyl (C=O) groups is 1. The van der Waals surface area contributed by atoms with Crippen molar-refractivity contribution in [2.75, 3.05) is 26.4 Å². The average Bonchev–Trinajstić information content (AvgIpc) is 2.74. The SMILES string of the molecule is O=C(c1ccoc1Cl)N1CCOCC1CO. The van der Waals surface area contributed by atoms with Gasteiger partial charge in [0.1, 0.15) is 0 Å². The molecule has 0 bridgehead atoms. The Labute approximate surface area is 97.5 Å². The molecule has 0 spiro atoms. The monoisotopic (exact) mass is 245 g/mol. The molecular formula is C10H12ClNO4. The predicted octanol–water partition coefficient (Wildman–Crippen LogP) is 0.766. The normalized spacial score (nSPS) is 21.1. The molecule has 1 aliphatic heterocycles. The summed E-state index contributed by atoms with van der Waals surface area (Å²) in [6.07, 6.45) is 1.37. The van der Waals surface area contributed by atoms with E-state index in [4.69, 9.17) is 25.9 Å². The third-order valence-electron chi connectivity index (χ3n) is 2.55. The largest absolute Gasteiger partial charge is 0.452 e. The van der Waals surface area contributed by atoms with Crippen molar-refractivity contribution >= 4 is 17.5 Å². The van der Waals surface area contributed by atoms with Gasteiger partial charge in [-0.05, 0) is 17.7 Å². The van der Waals surface area contributed by atoms with E-state index in [1.54, 1.807) is 4.90 Å². The summed E-state index contributed by atoms with van der Waals surface area (Å²) in [7, 11) is 0. The number of hydrogen-bond donors (Lipinski definition) is 1. The minimum absolute atomic E-state index is 0.0770. The van der Waals surface area contributed by atoms with Crippen molar-refractivity contribution in [3.05, 3.63) is 23.1 Å². The van der Waals surface area contributed by atoms with E-state index in [9.17, 15) is 4.79 Å². The lowest BCUT2D eigenvalue weighted by Gasteiger charge is -2.34. The molecule has 88 valence electrons. The van der Waals surface area contributed by atoms with Crippen LogP contribution in [0.5, 0.6) is 0 Å². The Morgan fingerprint density at radius 1 is 1.69 bits per heavy atom. The number of hydrogen-bond acceptors (Lipinski definition) is 4. The van der Waals surface area contributed by atoms with Crippen LogP contribution in [0.2, 0.25) is 5.22 Å². The predicted molar refractivity (Wildman–Crippen MR) is 56.4 cm³/mol. The van der Waals surface area contributed by atoms with E-state index in [0.29, 0.717) is 25.3 Å². The number of nitrogens with zero attached hydrogens (tertiary/aromatic N) is 1. The number of rotatable bonds is 2. The molecule has 1 atom stereocenters. The van der Waals surface area contributed by atoms with Crippen molar-refractivity contribution in [2.45, 2.75) is 6.04 Å². The molecule has 6 heteroatoms. The van der Waals surface area contributed by atoms with Gasteiger partial charge in [-0.2, -0.15) is 0 Å². The van der Waals surface area contributed by atoms with Gasteiger partial charge in [-0.3, -0.25) is 4.79 Å². The van der Waals surface area contributed by atoms with Crippen LogP contribution in [-0.2, 0) is 4.74 Å². The summed E-state index contributed by atoms with van der Waals surface area (Å²) >= 11 is 5.74. The van der Waals surface area contributed by atoms with Crippen LogP contribution in [0.3, 0.4) is 0 Å².